The average molecular weight is 237 g/mol. The van der Waals surface area contributed by atoms with E-state index in [0.29, 0.717) is 0 Å². The molecule has 0 aromatic carbocycles. The number of carbonyl (C=O) groups excluding carboxylic acids is 1. The number of alkyl halides is 3. The second-order valence-electron chi connectivity index (χ2n) is 2.76. The summed E-state index contributed by atoms with van der Waals surface area (Å²) in [6.45, 7) is -0.559. The second kappa shape index (κ2) is 4.25. The van der Waals surface area contributed by atoms with Gasteiger partial charge in [-0.05, 0) is 6.07 Å². The Morgan fingerprint density at radius 3 is 2.56 bits per heavy atom. The first-order valence-corrected chi connectivity index (χ1v) is 3.97. The van der Waals surface area contributed by atoms with Gasteiger partial charge in [0, 0.05) is 12.1 Å². The lowest BCUT2D eigenvalue weighted by atomic mass is 10.2. The maximum Gasteiger partial charge on any atom is 0.471 e. The molecule has 1 aromatic heterocycles. The van der Waals surface area contributed by atoms with Crippen LogP contribution in [0, 0.1) is 0 Å². The van der Waals surface area contributed by atoms with E-state index in [1.165, 1.54) is 11.4 Å². The third-order valence-corrected chi connectivity index (χ3v) is 1.64. The number of carboxylic acid groups (broad SMARTS) is 1. The molecule has 0 aliphatic rings. The summed E-state index contributed by atoms with van der Waals surface area (Å²) in [5.74, 6) is -4.05. The van der Waals surface area contributed by atoms with Crippen LogP contribution in [0.5, 0.6) is 0 Å². The Morgan fingerprint density at radius 2 is 2.06 bits per heavy atom. The van der Waals surface area contributed by atoms with Gasteiger partial charge in [0.15, 0.2) is 0 Å². The van der Waals surface area contributed by atoms with E-state index in [0.717, 1.165) is 6.26 Å². The lowest BCUT2D eigenvalue weighted by Crippen LogP contribution is -2.36. The summed E-state index contributed by atoms with van der Waals surface area (Å²) >= 11 is 0. The fourth-order valence-electron chi connectivity index (χ4n) is 0.938. The third-order valence-electron chi connectivity index (χ3n) is 1.64. The van der Waals surface area contributed by atoms with Crippen molar-refractivity contribution in [3.8, 4) is 0 Å². The van der Waals surface area contributed by atoms with Crippen LogP contribution in [0.4, 0.5) is 13.2 Å². The first kappa shape index (κ1) is 12.1. The van der Waals surface area contributed by atoms with Crippen molar-refractivity contribution in [1.82, 2.24) is 5.32 Å². The number of amides is 1. The third kappa shape index (κ3) is 2.75. The van der Waals surface area contributed by atoms with Gasteiger partial charge in [0.2, 0.25) is 5.76 Å². The number of hydrogen-bond acceptors (Lipinski definition) is 3. The highest BCUT2D eigenvalue weighted by Gasteiger charge is 2.38. The van der Waals surface area contributed by atoms with Gasteiger partial charge >= 0.3 is 18.1 Å². The van der Waals surface area contributed by atoms with Gasteiger partial charge in [-0.25, -0.2) is 4.79 Å². The maximum atomic E-state index is 11.8. The molecule has 5 nitrogen and oxygen atoms in total. The Bertz CT molecular complexity index is 410. The zero-order valence-electron chi connectivity index (χ0n) is 7.67. The number of rotatable bonds is 3. The molecule has 0 aliphatic heterocycles. The van der Waals surface area contributed by atoms with Crippen LogP contribution in [0.1, 0.15) is 16.1 Å². The van der Waals surface area contributed by atoms with E-state index in [-0.39, 0.29) is 5.56 Å². The quantitative estimate of drug-likeness (QED) is 0.826. The van der Waals surface area contributed by atoms with Crippen LogP contribution in [0.3, 0.4) is 0 Å². The van der Waals surface area contributed by atoms with Gasteiger partial charge in [0.05, 0.1) is 6.26 Å². The van der Waals surface area contributed by atoms with Gasteiger partial charge in [-0.15, -0.1) is 0 Å². The molecule has 8 heteroatoms. The van der Waals surface area contributed by atoms with Gasteiger partial charge in [0.1, 0.15) is 0 Å². The molecule has 0 atom stereocenters. The molecule has 2 N–H and O–H groups in total. The van der Waals surface area contributed by atoms with Gasteiger partial charge in [0.25, 0.3) is 0 Å². The molecular weight excluding hydrogens is 231 g/mol. The number of hydrogen-bond donors (Lipinski definition) is 2. The topological polar surface area (TPSA) is 79.5 Å². The van der Waals surface area contributed by atoms with Crippen LogP contribution >= 0.6 is 0 Å². The van der Waals surface area contributed by atoms with Crippen LogP contribution in [0.25, 0.3) is 0 Å². The largest absolute Gasteiger partial charge is 0.475 e. The van der Waals surface area contributed by atoms with Crippen molar-refractivity contribution < 1.29 is 32.3 Å². The second-order valence-corrected chi connectivity index (χ2v) is 2.76. The number of carboxylic acids is 1. The summed E-state index contributed by atoms with van der Waals surface area (Å²) in [5.41, 5.74) is -0.0369. The van der Waals surface area contributed by atoms with E-state index in [1.54, 1.807) is 0 Å². The highest BCUT2D eigenvalue weighted by molar-refractivity contribution is 5.86. The molecule has 0 bridgehead atoms. The van der Waals surface area contributed by atoms with Crippen molar-refractivity contribution in [3.05, 3.63) is 23.7 Å². The van der Waals surface area contributed by atoms with E-state index in [9.17, 15) is 22.8 Å². The predicted molar refractivity (Wildman–Crippen MR) is 43.6 cm³/mol. The first-order valence-electron chi connectivity index (χ1n) is 3.97. The number of carbonyl (C=O) groups is 2. The Kier molecular flexibility index (Phi) is 3.21. The van der Waals surface area contributed by atoms with Crippen molar-refractivity contribution in [2.24, 2.45) is 0 Å². The first-order chi connectivity index (χ1) is 7.32. The van der Waals surface area contributed by atoms with Gasteiger partial charge in [-0.1, -0.05) is 0 Å². The Balaban J connectivity index is 2.65. The van der Waals surface area contributed by atoms with Gasteiger partial charge in [-0.3, -0.25) is 4.79 Å². The fourth-order valence-corrected chi connectivity index (χ4v) is 0.938. The van der Waals surface area contributed by atoms with Crippen LogP contribution in [0.2, 0.25) is 0 Å². The van der Waals surface area contributed by atoms with Crippen molar-refractivity contribution in [1.29, 1.82) is 0 Å². The summed E-state index contributed by atoms with van der Waals surface area (Å²) in [4.78, 5) is 20.9. The molecule has 0 saturated carbocycles. The van der Waals surface area contributed by atoms with Crippen molar-refractivity contribution in [3.63, 3.8) is 0 Å². The molecule has 1 rings (SSSR count). The lowest BCUT2D eigenvalue weighted by molar-refractivity contribution is -0.173. The van der Waals surface area contributed by atoms with Crippen molar-refractivity contribution >= 4 is 11.9 Å². The van der Waals surface area contributed by atoms with Crippen LogP contribution in [-0.4, -0.2) is 23.2 Å². The Labute approximate surface area is 86.8 Å². The molecule has 0 radical (unpaired) electrons. The molecule has 0 unspecified atom stereocenters. The summed E-state index contributed by atoms with van der Waals surface area (Å²) in [7, 11) is 0. The molecule has 0 spiro atoms. The zero-order valence-corrected chi connectivity index (χ0v) is 7.67. The fraction of sp³-hybridized carbons (Fsp3) is 0.250. The van der Waals surface area contributed by atoms with Gasteiger partial charge in [-0.2, -0.15) is 13.2 Å². The van der Waals surface area contributed by atoms with Gasteiger partial charge < -0.3 is 14.8 Å². The van der Waals surface area contributed by atoms with Crippen LogP contribution < -0.4 is 5.32 Å². The number of aromatic carboxylic acids is 1. The molecule has 88 valence electrons. The van der Waals surface area contributed by atoms with E-state index in [1.807, 2.05) is 0 Å². The van der Waals surface area contributed by atoms with Crippen LogP contribution in [-0.2, 0) is 11.3 Å². The lowest BCUT2D eigenvalue weighted by Gasteiger charge is -2.06. The standard InChI is InChI=1S/C8H6F3NO4/c9-8(10,11)7(15)12-3-4-1-2-16-5(4)6(13)14/h1-2H,3H2,(H,12,15)(H,13,14). The number of nitrogens with one attached hydrogen (secondary N) is 1. The minimum atomic E-state index is -4.99. The molecular formula is C8H6F3NO4. The predicted octanol–water partition coefficient (Wildman–Crippen LogP) is 1.16. The minimum Gasteiger partial charge on any atom is -0.475 e. The highest BCUT2D eigenvalue weighted by Crippen LogP contribution is 2.15. The number of furan rings is 1. The molecule has 1 heterocycles. The summed E-state index contributed by atoms with van der Waals surface area (Å²) in [6, 6.07) is 1.17. The smallest absolute Gasteiger partial charge is 0.471 e. The normalized spacial score (nSPS) is 11.2. The van der Waals surface area contributed by atoms with E-state index >= 15 is 0 Å². The number of halogens is 3. The summed E-state index contributed by atoms with van der Waals surface area (Å²) in [6.07, 6.45) is -3.98. The molecule has 0 fully saturated rings. The summed E-state index contributed by atoms with van der Waals surface area (Å²) < 4.78 is 39.9. The van der Waals surface area contributed by atoms with E-state index in [2.05, 4.69) is 4.42 Å². The van der Waals surface area contributed by atoms with Crippen LogP contribution in [0.15, 0.2) is 16.7 Å². The molecule has 1 amide bonds. The molecule has 0 saturated heterocycles. The van der Waals surface area contributed by atoms with Crippen molar-refractivity contribution in [2.75, 3.05) is 0 Å². The SMILES string of the molecule is O=C(O)c1occc1CNC(=O)C(F)(F)F. The zero-order chi connectivity index (χ0) is 12.3. The molecule has 1 aromatic rings. The average Bonchev–Trinajstić information content (AvgIpc) is 2.60. The van der Waals surface area contributed by atoms with E-state index in [4.69, 9.17) is 5.11 Å². The van der Waals surface area contributed by atoms with E-state index < -0.39 is 30.4 Å². The Hall–Kier alpha value is -1.99. The molecule has 0 aliphatic carbocycles. The van der Waals surface area contributed by atoms with Crippen molar-refractivity contribution in [2.45, 2.75) is 12.7 Å². The minimum absolute atomic E-state index is 0.0369. The highest BCUT2D eigenvalue weighted by atomic mass is 19.4. The summed E-state index contributed by atoms with van der Waals surface area (Å²) in [5, 5.41) is 10.1. The molecule has 16 heavy (non-hydrogen) atoms. The Morgan fingerprint density at radius 1 is 1.44 bits per heavy atom. The monoisotopic (exact) mass is 237 g/mol. The maximum absolute atomic E-state index is 11.8.